The van der Waals surface area contributed by atoms with Crippen LogP contribution in [0.4, 0.5) is 5.82 Å². The van der Waals surface area contributed by atoms with Crippen LogP contribution >= 0.6 is 0 Å². The van der Waals surface area contributed by atoms with Crippen molar-refractivity contribution in [2.24, 2.45) is 11.3 Å². The van der Waals surface area contributed by atoms with Gasteiger partial charge in [-0.25, -0.2) is 4.79 Å². The molecule has 2 heterocycles. The predicted molar refractivity (Wildman–Crippen MR) is 83.1 cm³/mol. The van der Waals surface area contributed by atoms with Crippen LogP contribution < -0.4 is 5.32 Å². The summed E-state index contributed by atoms with van der Waals surface area (Å²) in [5.41, 5.74) is 0.213. The molecule has 0 bridgehead atoms. The molecule has 1 aromatic rings. The number of anilines is 1. The molecule has 3 rings (SSSR count). The van der Waals surface area contributed by atoms with E-state index in [1.54, 1.807) is 12.1 Å². The first-order chi connectivity index (χ1) is 11.1. The number of hydrogen-bond acceptors (Lipinski definition) is 7. The molecule has 1 aliphatic carbocycles. The van der Waals surface area contributed by atoms with Crippen LogP contribution in [0.5, 0.6) is 0 Å². The van der Waals surface area contributed by atoms with E-state index in [-0.39, 0.29) is 23.1 Å². The number of rotatable bonds is 4. The van der Waals surface area contributed by atoms with Crippen molar-refractivity contribution in [1.82, 2.24) is 10.2 Å². The number of hydrogen-bond donors (Lipinski definition) is 2. The van der Waals surface area contributed by atoms with E-state index in [2.05, 4.69) is 20.3 Å². The molecule has 23 heavy (non-hydrogen) atoms. The highest BCUT2D eigenvalue weighted by molar-refractivity contribution is 5.86. The number of nitrogens with zero attached hydrogens (tertiary/aromatic N) is 2. The maximum Gasteiger partial charge on any atom is 0.358 e. The topological polar surface area (TPSA) is 93.6 Å². The van der Waals surface area contributed by atoms with Gasteiger partial charge >= 0.3 is 5.97 Å². The molecule has 0 radical (unpaired) electrons. The number of carbonyl (C=O) groups is 1. The summed E-state index contributed by atoms with van der Waals surface area (Å²) < 4.78 is 10.0. The molecule has 1 spiro atoms. The summed E-state index contributed by atoms with van der Waals surface area (Å²) in [5, 5.41) is 21.7. The Labute approximate surface area is 135 Å². The molecule has 1 aromatic heterocycles. The van der Waals surface area contributed by atoms with Crippen molar-refractivity contribution < 1.29 is 19.4 Å². The molecular formula is C16H23N3O4. The van der Waals surface area contributed by atoms with Gasteiger partial charge in [-0.2, -0.15) is 0 Å². The number of aliphatic hydroxyl groups is 1. The molecule has 1 saturated carbocycles. The van der Waals surface area contributed by atoms with Crippen molar-refractivity contribution in [2.75, 3.05) is 32.2 Å². The van der Waals surface area contributed by atoms with Crippen molar-refractivity contribution in [2.45, 2.75) is 31.8 Å². The molecule has 2 aliphatic rings. The lowest BCUT2D eigenvalue weighted by atomic mass is 9.76. The lowest BCUT2D eigenvalue weighted by Gasteiger charge is -2.37. The molecular weight excluding hydrogens is 298 g/mol. The lowest BCUT2D eigenvalue weighted by molar-refractivity contribution is -0.0545. The van der Waals surface area contributed by atoms with Crippen LogP contribution in [0.25, 0.3) is 0 Å². The third-order valence-corrected chi connectivity index (χ3v) is 5.18. The van der Waals surface area contributed by atoms with E-state index in [0.29, 0.717) is 12.4 Å². The van der Waals surface area contributed by atoms with Gasteiger partial charge in [-0.3, -0.25) is 0 Å². The zero-order valence-electron chi connectivity index (χ0n) is 13.3. The highest BCUT2D eigenvalue weighted by Crippen LogP contribution is 2.48. The smallest absolute Gasteiger partial charge is 0.358 e. The van der Waals surface area contributed by atoms with Gasteiger partial charge in [0.05, 0.1) is 13.2 Å². The van der Waals surface area contributed by atoms with E-state index in [4.69, 9.17) is 4.74 Å². The van der Waals surface area contributed by atoms with Crippen LogP contribution in [-0.2, 0) is 9.47 Å². The molecule has 2 atom stereocenters. The molecule has 0 unspecified atom stereocenters. The second-order valence-corrected chi connectivity index (χ2v) is 6.39. The van der Waals surface area contributed by atoms with Crippen molar-refractivity contribution in [3.8, 4) is 0 Å². The number of nitrogens with one attached hydrogen (secondary N) is 1. The van der Waals surface area contributed by atoms with Gasteiger partial charge < -0.3 is 19.9 Å². The first kappa shape index (κ1) is 16.1. The second-order valence-electron chi connectivity index (χ2n) is 6.39. The van der Waals surface area contributed by atoms with Crippen LogP contribution in [0.3, 0.4) is 0 Å². The van der Waals surface area contributed by atoms with Crippen molar-refractivity contribution in [3.63, 3.8) is 0 Å². The van der Waals surface area contributed by atoms with Crippen LogP contribution in [0.15, 0.2) is 12.1 Å². The monoisotopic (exact) mass is 321 g/mol. The average Bonchev–Trinajstić information content (AvgIpc) is 2.89. The van der Waals surface area contributed by atoms with Crippen LogP contribution in [-0.4, -0.2) is 54.2 Å². The number of esters is 1. The van der Waals surface area contributed by atoms with Crippen LogP contribution in [0, 0.1) is 11.3 Å². The lowest BCUT2D eigenvalue weighted by Crippen LogP contribution is -2.40. The van der Waals surface area contributed by atoms with Gasteiger partial charge in [0.15, 0.2) is 5.69 Å². The first-order valence-electron chi connectivity index (χ1n) is 8.06. The second kappa shape index (κ2) is 6.80. The zero-order valence-corrected chi connectivity index (χ0v) is 13.3. The molecule has 1 aliphatic heterocycles. The molecule has 1 saturated heterocycles. The average molecular weight is 321 g/mol. The Balaban J connectivity index is 1.55. The third kappa shape index (κ3) is 3.30. The third-order valence-electron chi connectivity index (χ3n) is 5.18. The molecule has 7 nitrogen and oxygen atoms in total. The summed E-state index contributed by atoms with van der Waals surface area (Å²) in [6, 6.07) is 3.27. The van der Waals surface area contributed by atoms with Gasteiger partial charge in [0, 0.05) is 31.1 Å². The van der Waals surface area contributed by atoms with E-state index < -0.39 is 5.97 Å². The summed E-state index contributed by atoms with van der Waals surface area (Å²) in [4.78, 5) is 11.3. The van der Waals surface area contributed by atoms with E-state index >= 15 is 0 Å². The van der Waals surface area contributed by atoms with E-state index in [9.17, 15) is 9.90 Å². The molecule has 2 N–H and O–H groups in total. The number of aliphatic hydroxyl groups excluding tert-OH is 1. The van der Waals surface area contributed by atoms with E-state index in [1.165, 1.54) is 7.11 Å². The maximum absolute atomic E-state index is 11.3. The molecule has 126 valence electrons. The Morgan fingerprint density at radius 1 is 1.39 bits per heavy atom. The summed E-state index contributed by atoms with van der Waals surface area (Å²) in [6.07, 6.45) is 3.64. The van der Waals surface area contributed by atoms with Gasteiger partial charge in [-0.1, -0.05) is 0 Å². The minimum atomic E-state index is -0.503. The number of aromatic nitrogens is 2. The minimum Gasteiger partial charge on any atom is -0.464 e. The van der Waals surface area contributed by atoms with Gasteiger partial charge in [0.2, 0.25) is 0 Å². The fraction of sp³-hybridized carbons (Fsp3) is 0.688. The highest BCUT2D eigenvalue weighted by Gasteiger charge is 2.47. The predicted octanol–water partition coefficient (Wildman–Crippen LogP) is 1.24. The Morgan fingerprint density at radius 3 is 2.83 bits per heavy atom. The summed E-state index contributed by atoms with van der Waals surface area (Å²) in [5.74, 6) is 0.296. The molecule has 7 heteroatoms. The van der Waals surface area contributed by atoms with Gasteiger partial charge in [0.1, 0.15) is 5.82 Å². The minimum absolute atomic E-state index is 0.0328. The largest absolute Gasteiger partial charge is 0.464 e. The Morgan fingerprint density at radius 2 is 2.17 bits per heavy atom. The number of ether oxygens (including phenoxy) is 2. The van der Waals surface area contributed by atoms with Crippen molar-refractivity contribution in [1.29, 1.82) is 0 Å². The summed E-state index contributed by atoms with van der Waals surface area (Å²) >= 11 is 0. The Bertz CT molecular complexity index is 543. The normalized spacial score (nSPS) is 26.2. The quantitative estimate of drug-likeness (QED) is 0.806. The zero-order chi connectivity index (χ0) is 16.3. The Hall–Kier alpha value is -1.73. The highest BCUT2D eigenvalue weighted by atomic mass is 16.5. The van der Waals surface area contributed by atoms with Crippen LogP contribution in [0.2, 0.25) is 0 Å². The van der Waals surface area contributed by atoms with Gasteiger partial charge in [0.25, 0.3) is 0 Å². The van der Waals surface area contributed by atoms with Crippen LogP contribution in [0.1, 0.15) is 36.2 Å². The Kier molecular flexibility index (Phi) is 4.77. The van der Waals surface area contributed by atoms with Crippen molar-refractivity contribution in [3.05, 3.63) is 17.8 Å². The van der Waals surface area contributed by atoms with E-state index in [1.807, 2.05) is 0 Å². The number of methoxy groups -OCH3 is 1. The fourth-order valence-corrected chi connectivity index (χ4v) is 3.69. The first-order valence-corrected chi connectivity index (χ1v) is 8.06. The van der Waals surface area contributed by atoms with Crippen molar-refractivity contribution >= 4 is 11.8 Å². The van der Waals surface area contributed by atoms with E-state index in [0.717, 1.165) is 38.9 Å². The fourth-order valence-electron chi connectivity index (χ4n) is 3.69. The maximum atomic E-state index is 11.3. The van der Waals surface area contributed by atoms with Gasteiger partial charge in [-0.15, -0.1) is 10.2 Å². The molecule has 0 aromatic carbocycles. The molecule has 2 fully saturated rings. The standard InChI is InChI=1S/C16H23N3O4/c1-22-15(21)12-2-3-13(19-18-12)17-10-11-4-5-16(14(11)20)6-8-23-9-7-16/h2-3,11,14,20H,4-10H2,1H3,(H,17,19)/t11-,14+/m1/s1. The van der Waals surface area contributed by atoms with Gasteiger partial charge in [-0.05, 0) is 37.8 Å². The summed E-state index contributed by atoms with van der Waals surface area (Å²) in [7, 11) is 1.31. The molecule has 0 amide bonds. The SMILES string of the molecule is COC(=O)c1ccc(NC[C@H]2CCC3(CCOCC3)[C@H]2O)nn1. The number of carbonyl (C=O) groups excluding carboxylic acids is 1. The summed E-state index contributed by atoms with van der Waals surface area (Å²) in [6.45, 7) is 2.14.